The molecule has 1 aliphatic rings. The van der Waals surface area contributed by atoms with Crippen LogP contribution in [0, 0.1) is 6.92 Å². The maximum Gasteiger partial charge on any atom is 0.269 e. The number of pyridine rings is 1. The fraction of sp³-hybridized carbons (Fsp3) is 0.419. The molecular weight excluding hydrogens is 597 g/mol. The van der Waals surface area contributed by atoms with E-state index in [4.69, 9.17) is 40.2 Å². The van der Waals surface area contributed by atoms with E-state index in [1.807, 2.05) is 13.0 Å². The highest BCUT2D eigenvalue weighted by atomic mass is 35.5. The number of rotatable bonds is 14. The molecule has 41 heavy (non-hydrogen) atoms. The van der Waals surface area contributed by atoms with Gasteiger partial charge in [-0.05, 0) is 49.2 Å². The van der Waals surface area contributed by atoms with Gasteiger partial charge in [0.2, 0.25) is 5.88 Å². The number of halogens is 2. The Kier molecular flexibility index (Phi) is 11.7. The third-order valence-electron chi connectivity index (χ3n) is 7.03. The number of thioether (sulfide) groups is 1. The Balaban J connectivity index is 1.49. The first-order chi connectivity index (χ1) is 19.8. The van der Waals surface area contributed by atoms with Crippen molar-refractivity contribution in [2.45, 2.75) is 78.1 Å². The number of unbranched alkanes of at least 4 members (excludes halogenated alkanes) is 9. The number of hydrogen-bond donors (Lipinski definition) is 0. The van der Waals surface area contributed by atoms with E-state index >= 15 is 0 Å². The maximum absolute atomic E-state index is 13.6. The molecule has 4 rings (SSSR count). The van der Waals surface area contributed by atoms with Crippen LogP contribution in [0.25, 0.3) is 11.7 Å². The standard InChI is InChI=1S/C31H35Cl2N3O3S2/c1-3-4-5-6-7-8-9-10-11-12-17-36-30(38)26(41-31(36)40)20-23-28(39-25-16-15-22(32)19-24(25)33)34-27-21(2)14-13-18-35(27)29(23)37/h13-16,18-20H,3-12,17H2,1-2H3/b26-20+. The summed E-state index contributed by atoms with van der Waals surface area (Å²) in [6.07, 6.45) is 15.3. The van der Waals surface area contributed by atoms with Crippen LogP contribution in [0.3, 0.4) is 0 Å². The Labute approximate surface area is 261 Å². The molecule has 2 aromatic heterocycles. The van der Waals surface area contributed by atoms with Gasteiger partial charge in [-0.15, -0.1) is 0 Å². The fourth-order valence-electron chi connectivity index (χ4n) is 4.74. The van der Waals surface area contributed by atoms with Crippen LogP contribution in [0.15, 0.2) is 46.2 Å². The fourth-order valence-corrected chi connectivity index (χ4v) is 6.47. The highest BCUT2D eigenvalue weighted by Gasteiger charge is 2.32. The molecule has 0 saturated carbocycles. The minimum Gasteiger partial charge on any atom is -0.437 e. The zero-order valence-electron chi connectivity index (χ0n) is 23.5. The summed E-state index contributed by atoms with van der Waals surface area (Å²) in [7, 11) is 0. The molecule has 3 aromatic rings. The number of ether oxygens (including phenoxy) is 1. The lowest BCUT2D eigenvalue weighted by Crippen LogP contribution is -2.29. The van der Waals surface area contributed by atoms with Gasteiger partial charge < -0.3 is 4.74 Å². The van der Waals surface area contributed by atoms with Crippen LogP contribution in [0.4, 0.5) is 0 Å². The molecule has 218 valence electrons. The van der Waals surface area contributed by atoms with Crippen molar-refractivity contribution >= 4 is 69.1 Å². The number of nitrogens with zero attached hydrogens (tertiary/aromatic N) is 3. The van der Waals surface area contributed by atoms with Crippen molar-refractivity contribution in [2.24, 2.45) is 0 Å². The minimum absolute atomic E-state index is 0.0495. The summed E-state index contributed by atoms with van der Waals surface area (Å²) in [6, 6.07) is 8.44. The Morgan fingerprint density at radius 2 is 1.68 bits per heavy atom. The molecule has 0 spiro atoms. The van der Waals surface area contributed by atoms with Crippen LogP contribution < -0.4 is 10.3 Å². The molecule has 6 nitrogen and oxygen atoms in total. The van der Waals surface area contributed by atoms with E-state index in [9.17, 15) is 9.59 Å². The van der Waals surface area contributed by atoms with Gasteiger partial charge in [0, 0.05) is 17.8 Å². The zero-order valence-corrected chi connectivity index (χ0v) is 26.6. The van der Waals surface area contributed by atoms with E-state index in [1.165, 1.54) is 67.2 Å². The summed E-state index contributed by atoms with van der Waals surface area (Å²) >= 11 is 19.1. The van der Waals surface area contributed by atoms with E-state index in [0.29, 0.717) is 32.2 Å². The van der Waals surface area contributed by atoms with Crippen molar-refractivity contribution in [1.82, 2.24) is 14.3 Å². The number of amides is 1. The van der Waals surface area contributed by atoms with E-state index < -0.39 is 0 Å². The number of aromatic nitrogens is 2. The van der Waals surface area contributed by atoms with E-state index in [0.717, 1.165) is 24.8 Å². The first kappa shape index (κ1) is 31.5. The van der Waals surface area contributed by atoms with Gasteiger partial charge >= 0.3 is 0 Å². The molecule has 0 bridgehead atoms. The molecule has 10 heteroatoms. The summed E-state index contributed by atoms with van der Waals surface area (Å²) in [5, 5.41) is 0.731. The molecule has 1 aromatic carbocycles. The van der Waals surface area contributed by atoms with Crippen LogP contribution in [0.2, 0.25) is 10.0 Å². The number of carbonyl (C=O) groups excluding carboxylic acids is 1. The largest absolute Gasteiger partial charge is 0.437 e. The van der Waals surface area contributed by atoms with Crippen LogP contribution in [-0.2, 0) is 4.79 Å². The lowest BCUT2D eigenvalue weighted by molar-refractivity contribution is -0.122. The van der Waals surface area contributed by atoms with Gasteiger partial charge in [0.25, 0.3) is 11.5 Å². The second-order valence-electron chi connectivity index (χ2n) is 10.2. The Hall–Kier alpha value is -2.39. The number of hydrogen-bond acceptors (Lipinski definition) is 6. The van der Waals surface area contributed by atoms with E-state index in [2.05, 4.69) is 11.9 Å². The van der Waals surface area contributed by atoms with Gasteiger partial charge in [-0.25, -0.2) is 0 Å². The summed E-state index contributed by atoms with van der Waals surface area (Å²) in [4.78, 5) is 33.6. The summed E-state index contributed by atoms with van der Waals surface area (Å²) < 4.78 is 7.99. The van der Waals surface area contributed by atoms with Crippen molar-refractivity contribution in [2.75, 3.05) is 6.54 Å². The molecule has 1 aliphatic heterocycles. The number of thiocarbonyl (C=S) groups is 1. The maximum atomic E-state index is 13.6. The van der Waals surface area contributed by atoms with Crippen LogP contribution in [0.1, 0.15) is 82.3 Å². The van der Waals surface area contributed by atoms with Gasteiger partial charge in [-0.1, -0.05) is 118 Å². The summed E-state index contributed by atoms with van der Waals surface area (Å²) in [6.45, 7) is 4.66. The Morgan fingerprint density at radius 1 is 1.00 bits per heavy atom. The van der Waals surface area contributed by atoms with E-state index in [-0.39, 0.29) is 27.9 Å². The highest BCUT2D eigenvalue weighted by molar-refractivity contribution is 8.26. The Morgan fingerprint density at radius 3 is 2.37 bits per heavy atom. The smallest absolute Gasteiger partial charge is 0.269 e. The molecule has 3 heterocycles. The van der Waals surface area contributed by atoms with Gasteiger partial charge in [0.1, 0.15) is 21.3 Å². The molecule has 0 unspecified atom stereocenters. The molecule has 1 amide bonds. The molecule has 1 saturated heterocycles. The van der Waals surface area contributed by atoms with Crippen molar-refractivity contribution in [3.63, 3.8) is 0 Å². The number of aryl methyl sites for hydroxylation is 1. The molecule has 0 N–H and O–H groups in total. The number of carbonyl (C=O) groups is 1. The topological polar surface area (TPSA) is 63.9 Å². The summed E-state index contributed by atoms with van der Waals surface area (Å²) in [5.74, 6) is 0.137. The molecule has 0 atom stereocenters. The second kappa shape index (κ2) is 15.2. The normalized spacial score (nSPS) is 14.5. The minimum atomic E-state index is -0.362. The molecule has 0 aliphatic carbocycles. The average molecular weight is 633 g/mol. The third kappa shape index (κ3) is 8.13. The van der Waals surface area contributed by atoms with E-state index in [1.54, 1.807) is 35.4 Å². The second-order valence-corrected chi connectivity index (χ2v) is 12.7. The van der Waals surface area contributed by atoms with Crippen molar-refractivity contribution in [3.8, 4) is 11.6 Å². The summed E-state index contributed by atoms with van der Waals surface area (Å²) in [5.41, 5.74) is 1.02. The highest BCUT2D eigenvalue weighted by Crippen LogP contribution is 2.36. The molecule has 1 fully saturated rings. The number of benzene rings is 1. The van der Waals surface area contributed by atoms with Gasteiger partial charge in [0.15, 0.2) is 0 Å². The lowest BCUT2D eigenvalue weighted by Gasteiger charge is -2.14. The first-order valence-corrected chi connectivity index (χ1v) is 16.2. The predicted molar refractivity (Wildman–Crippen MR) is 174 cm³/mol. The van der Waals surface area contributed by atoms with Crippen molar-refractivity contribution < 1.29 is 9.53 Å². The SMILES string of the molecule is CCCCCCCCCCCCN1C(=O)/C(=C\c2c(Oc3ccc(Cl)cc3Cl)nc3c(C)cccn3c2=O)SC1=S. The first-order valence-electron chi connectivity index (χ1n) is 14.2. The van der Waals surface area contributed by atoms with Gasteiger partial charge in [0.05, 0.1) is 9.93 Å². The van der Waals surface area contributed by atoms with Crippen molar-refractivity contribution in [1.29, 1.82) is 0 Å². The zero-order chi connectivity index (χ0) is 29.4. The monoisotopic (exact) mass is 631 g/mol. The average Bonchev–Trinajstić information content (AvgIpc) is 3.21. The Bertz CT molecular complexity index is 1510. The van der Waals surface area contributed by atoms with Crippen LogP contribution in [0.5, 0.6) is 11.6 Å². The third-order valence-corrected chi connectivity index (χ3v) is 8.94. The van der Waals surface area contributed by atoms with Crippen molar-refractivity contribution in [3.05, 3.63) is 73.0 Å². The quantitative estimate of drug-likeness (QED) is 0.100. The lowest BCUT2D eigenvalue weighted by atomic mass is 10.1. The predicted octanol–water partition coefficient (Wildman–Crippen LogP) is 9.22. The van der Waals surface area contributed by atoms with Gasteiger partial charge in [-0.2, -0.15) is 4.98 Å². The molecular formula is C31H35Cl2N3O3S2. The number of fused-ring (bicyclic) bond motifs is 1. The van der Waals surface area contributed by atoms with Gasteiger partial charge in [-0.3, -0.25) is 18.9 Å². The molecule has 0 radical (unpaired) electrons. The van der Waals surface area contributed by atoms with Crippen LogP contribution >= 0.6 is 47.2 Å². The van der Waals surface area contributed by atoms with Crippen LogP contribution in [-0.4, -0.2) is 31.1 Å².